The second-order valence-corrected chi connectivity index (χ2v) is 7.54. The first-order valence-corrected chi connectivity index (χ1v) is 10.7. The van der Waals surface area contributed by atoms with E-state index in [0.717, 1.165) is 59.9 Å². The molecular weight excluding hydrogens is 374 g/mol. The number of anilines is 3. The van der Waals surface area contributed by atoms with Crippen LogP contribution in [0.25, 0.3) is 22.6 Å². The molecule has 3 heterocycles. The molecule has 0 amide bonds. The second kappa shape index (κ2) is 8.71. The van der Waals surface area contributed by atoms with Crippen molar-refractivity contribution in [3.05, 3.63) is 54.6 Å². The predicted molar refractivity (Wildman–Crippen MR) is 123 cm³/mol. The van der Waals surface area contributed by atoms with Crippen molar-refractivity contribution in [1.82, 2.24) is 9.97 Å². The molecule has 0 saturated carbocycles. The zero-order valence-corrected chi connectivity index (χ0v) is 17.6. The van der Waals surface area contributed by atoms with Gasteiger partial charge in [-0.2, -0.15) is 0 Å². The third-order valence-electron chi connectivity index (χ3n) is 5.46. The molecule has 0 radical (unpaired) electrons. The highest BCUT2D eigenvalue weighted by Crippen LogP contribution is 2.32. The first kappa shape index (κ1) is 20.2. The lowest BCUT2D eigenvalue weighted by Gasteiger charge is -2.33. The lowest BCUT2D eigenvalue weighted by Crippen LogP contribution is -2.43. The fourth-order valence-electron chi connectivity index (χ4n) is 3.96. The van der Waals surface area contributed by atoms with E-state index >= 15 is 0 Å². The van der Waals surface area contributed by atoms with Crippen molar-refractivity contribution in [3.8, 4) is 22.6 Å². The van der Waals surface area contributed by atoms with E-state index in [1.165, 1.54) is 0 Å². The molecule has 1 aromatic heterocycles. The topological polar surface area (TPSA) is 90.3 Å². The Morgan fingerprint density at radius 2 is 1.33 bits per heavy atom. The number of benzene rings is 2. The van der Waals surface area contributed by atoms with Crippen molar-refractivity contribution < 1.29 is 4.74 Å². The molecule has 2 aromatic carbocycles. The average Bonchev–Trinajstić information content (AvgIpc) is 3.13. The molecule has 0 aliphatic carbocycles. The van der Waals surface area contributed by atoms with Gasteiger partial charge >= 0.3 is 0 Å². The normalized spacial score (nSPS) is 19.9. The summed E-state index contributed by atoms with van der Waals surface area (Å²) in [4.78, 5) is 12.1. The smallest absolute Gasteiger partial charge is 0.162 e. The van der Waals surface area contributed by atoms with Gasteiger partial charge in [0.1, 0.15) is 5.82 Å². The summed E-state index contributed by atoms with van der Waals surface area (Å²) < 4.78 is 5.99. The van der Waals surface area contributed by atoms with Crippen LogP contribution in [0.1, 0.15) is 26.7 Å². The molecule has 156 valence electrons. The minimum absolute atomic E-state index is 0.300. The van der Waals surface area contributed by atoms with Crippen LogP contribution in [0.3, 0.4) is 0 Å². The summed E-state index contributed by atoms with van der Waals surface area (Å²) in [6, 6.07) is 17.5. The van der Waals surface area contributed by atoms with Crippen LogP contribution in [0.15, 0.2) is 54.6 Å². The van der Waals surface area contributed by atoms with Crippen molar-refractivity contribution in [1.29, 1.82) is 0 Å². The number of rotatable bonds is 3. The second-order valence-electron chi connectivity index (χ2n) is 7.54. The van der Waals surface area contributed by atoms with Crippen LogP contribution in [0.5, 0.6) is 0 Å². The summed E-state index contributed by atoms with van der Waals surface area (Å²) >= 11 is 0. The Labute approximate surface area is 177 Å². The Morgan fingerprint density at radius 3 is 1.90 bits per heavy atom. The van der Waals surface area contributed by atoms with Gasteiger partial charge in [-0.05, 0) is 49.2 Å². The van der Waals surface area contributed by atoms with Crippen molar-refractivity contribution in [2.24, 2.45) is 0 Å². The Bertz CT molecular complexity index is 912. The van der Waals surface area contributed by atoms with E-state index < -0.39 is 0 Å². The summed E-state index contributed by atoms with van der Waals surface area (Å²) in [5, 5.41) is 0. The number of morpholine rings is 1. The van der Waals surface area contributed by atoms with Gasteiger partial charge in [0.2, 0.25) is 0 Å². The van der Waals surface area contributed by atoms with Crippen LogP contribution in [-0.4, -0.2) is 35.3 Å². The number of fused-ring (bicyclic) bond motifs is 2. The maximum atomic E-state index is 5.99. The van der Waals surface area contributed by atoms with E-state index in [4.69, 9.17) is 26.2 Å². The van der Waals surface area contributed by atoms with Gasteiger partial charge in [0.25, 0.3) is 0 Å². The van der Waals surface area contributed by atoms with Gasteiger partial charge in [0.15, 0.2) is 5.82 Å². The van der Waals surface area contributed by atoms with Crippen LogP contribution in [0, 0.1) is 0 Å². The number of nitrogens with zero attached hydrogens (tertiary/aromatic N) is 3. The minimum atomic E-state index is 0.300. The largest absolute Gasteiger partial charge is 0.399 e. The zero-order chi connectivity index (χ0) is 21.1. The highest BCUT2D eigenvalue weighted by atomic mass is 16.5. The molecule has 2 atom stereocenters. The lowest BCUT2D eigenvalue weighted by atomic mass is 10.1. The molecule has 6 heteroatoms. The molecule has 4 N–H and O–H groups in total. The average molecular weight is 404 g/mol. The van der Waals surface area contributed by atoms with E-state index in [2.05, 4.69) is 11.0 Å². The molecule has 3 aromatic rings. The number of aromatic nitrogens is 2. The van der Waals surface area contributed by atoms with E-state index in [0.29, 0.717) is 18.0 Å². The fourth-order valence-corrected chi connectivity index (χ4v) is 3.96. The molecular formula is C24H29N5O. The summed E-state index contributed by atoms with van der Waals surface area (Å²) in [6.07, 6.45) is 2.85. The maximum Gasteiger partial charge on any atom is 0.162 e. The fraction of sp³-hybridized carbons (Fsp3) is 0.333. The van der Waals surface area contributed by atoms with Gasteiger partial charge in [-0.15, -0.1) is 0 Å². The van der Waals surface area contributed by atoms with Crippen molar-refractivity contribution >= 4 is 17.2 Å². The van der Waals surface area contributed by atoms with Gasteiger partial charge in [-0.1, -0.05) is 26.0 Å². The number of hydrogen-bond acceptors (Lipinski definition) is 6. The van der Waals surface area contributed by atoms with Crippen LogP contribution >= 0.6 is 0 Å². The Balaban J connectivity index is 0.00000106. The van der Waals surface area contributed by atoms with Crippen LogP contribution in [0.2, 0.25) is 0 Å². The molecule has 2 aliphatic heterocycles. The third kappa shape index (κ3) is 4.24. The molecule has 0 spiro atoms. The van der Waals surface area contributed by atoms with E-state index in [9.17, 15) is 0 Å². The standard InChI is InChI=1S/C22H23N5O.C2H6/c23-16-5-1-14(2-6-16)20-11-21(27-12-18-9-10-19(13-27)28-18)26-22(25-20)15-3-7-17(24)8-4-15;1-2/h1-8,11,18-19H,9-10,12-13,23-24H2;1-2H3. The molecule has 5 rings (SSSR count). The molecule has 30 heavy (non-hydrogen) atoms. The van der Waals surface area contributed by atoms with Crippen molar-refractivity contribution in [3.63, 3.8) is 0 Å². The Kier molecular flexibility index (Phi) is 5.86. The van der Waals surface area contributed by atoms with Gasteiger partial charge in [0.05, 0.1) is 17.9 Å². The number of nitrogen functional groups attached to an aromatic ring is 2. The maximum absolute atomic E-state index is 5.99. The first-order chi connectivity index (χ1) is 14.6. The van der Waals surface area contributed by atoms with E-state index in [-0.39, 0.29) is 0 Å². The highest BCUT2D eigenvalue weighted by Gasteiger charge is 2.34. The van der Waals surface area contributed by atoms with Gasteiger partial charge < -0.3 is 21.1 Å². The first-order valence-electron chi connectivity index (χ1n) is 10.7. The van der Waals surface area contributed by atoms with Crippen LogP contribution < -0.4 is 16.4 Å². The number of hydrogen-bond donors (Lipinski definition) is 2. The van der Waals surface area contributed by atoms with Gasteiger partial charge in [-0.3, -0.25) is 0 Å². The van der Waals surface area contributed by atoms with Crippen molar-refractivity contribution in [2.75, 3.05) is 29.5 Å². The van der Waals surface area contributed by atoms with Crippen LogP contribution in [-0.2, 0) is 4.74 Å². The third-order valence-corrected chi connectivity index (χ3v) is 5.46. The Morgan fingerprint density at radius 1 is 0.800 bits per heavy atom. The number of ether oxygens (including phenoxy) is 1. The number of nitrogens with two attached hydrogens (primary N) is 2. The van der Waals surface area contributed by atoms with E-state index in [1.54, 1.807) is 0 Å². The molecule has 2 fully saturated rings. The molecule has 2 unspecified atom stereocenters. The summed E-state index contributed by atoms with van der Waals surface area (Å²) in [5.74, 6) is 1.64. The predicted octanol–water partition coefficient (Wildman–Crippen LogP) is 4.37. The molecule has 6 nitrogen and oxygen atoms in total. The van der Waals surface area contributed by atoms with Gasteiger partial charge in [0, 0.05) is 41.7 Å². The summed E-state index contributed by atoms with van der Waals surface area (Å²) in [6.45, 7) is 5.74. The molecule has 2 aliphatic rings. The quantitative estimate of drug-likeness (QED) is 0.631. The minimum Gasteiger partial charge on any atom is -0.399 e. The lowest BCUT2D eigenvalue weighted by molar-refractivity contribution is 0.0302. The SMILES string of the molecule is CC.Nc1ccc(-c2cc(N3CC4CCC(C3)O4)nc(-c3ccc(N)cc3)n2)cc1. The van der Waals surface area contributed by atoms with Crippen LogP contribution in [0.4, 0.5) is 17.2 Å². The van der Waals surface area contributed by atoms with Crippen molar-refractivity contribution in [2.45, 2.75) is 38.9 Å². The zero-order valence-electron chi connectivity index (χ0n) is 17.6. The van der Waals surface area contributed by atoms with Gasteiger partial charge in [-0.25, -0.2) is 9.97 Å². The highest BCUT2D eigenvalue weighted by molar-refractivity contribution is 5.69. The molecule has 2 saturated heterocycles. The molecule has 2 bridgehead atoms. The monoisotopic (exact) mass is 403 g/mol. The van der Waals surface area contributed by atoms with E-state index in [1.807, 2.05) is 62.4 Å². The summed E-state index contributed by atoms with van der Waals surface area (Å²) in [7, 11) is 0. The summed E-state index contributed by atoms with van der Waals surface area (Å²) in [5.41, 5.74) is 16.0. The Hall–Kier alpha value is -3.12.